The first-order valence-corrected chi connectivity index (χ1v) is 6.57. The summed E-state index contributed by atoms with van der Waals surface area (Å²) < 4.78 is 5.34. The van der Waals surface area contributed by atoms with Crippen LogP contribution in [0.5, 0.6) is 0 Å². The summed E-state index contributed by atoms with van der Waals surface area (Å²) >= 11 is 0. The first-order valence-electron chi connectivity index (χ1n) is 6.57. The number of ether oxygens (including phenoxy) is 1. The fraction of sp³-hybridized carbons (Fsp3) is 0.923. The third kappa shape index (κ3) is 5.04. The summed E-state index contributed by atoms with van der Waals surface area (Å²) in [5.74, 6) is 0.615. The molecule has 0 spiro atoms. The van der Waals surface area contributed by atoms with E-state index in [1.807, 2.05) is 13.8 Å². The van der Waals surface area contributed by atoms with Crippen molar-refractivity contribution in [1.82, 2.24) is 10.6 Å². The van der Waals surface area contributed by atoms with Crippen molar-refractivity contribution in [2.24, 2.45) is 5.92 Å². The number of hydrogen-bond acceptors (Lipinski definition) is 3. The van der Waals surface area contributed by atoms with Crippen LogP contribution < -0.4 is 10.6 Å². The molecule has 0 bridgehead atoms. The highest BCUT2D eigenvalue weighted by molar-refractivity contribution is 5.78. The molecule has 1 rings (SSSR count). The van der Waals surface area contributed by atoms with E-state index in [-0.39, 0.29) is 11.4 Å². The molecule has 1 aliphatic rings. The zero-order valence-electron chi connectivity index (χ0n) is 11.5. The van der Waals surface area contributed by atoms with Gasteiger partial charge in [0.1, 0.15) is 0 Å². The van der Waals surface area contributed by atoms with Crippen LogP contribution in [0.1, 0.15) is 40.5 Å². The maximum absolute atomic E-state index is 11.7. The van der Waals surface area contributed by atoms with Gasteiger partial charge in [-0.25, -0.2) is 0 Å². The Hall–Kier alpha value is -0.610. The Morgan fingerprint density at radius 1 is 1.53 bits per heavy atom. The van der Waals surface area contributed by atoms with Crippen molar-refractivity contribution in [2.75, 3.05) is 19.8 Å². The largest absolute Gasteiger partial charge is 0.381 e. The van der Waals surface area contributed by atoms with Gasteiger partial charge in [0, 0.05) is 18.2 Å². The molecule has 17 heavy (non-hydrogen) atoms. The number of carbonyl (C=O) groups is 1. The van der Waals surface area contributed by atoms with E-state index in [0.29, 0.717) is 18.5 Å². The van der Waals surface area contributed by atoms with Crippen LogP contribution in [0.15, 0.2) is 0 Å². The smallest absolute Gasteiger partial charge is 0.234 e. The van der Waals surface area contributed by atoms with Crippen LogP contribution >= 0.6 is 0 Å². The predicted octanol–water partition coefficient (Wildman–Crippen LogP) is 1.31. The van der Waals surface area contributed by atoms with Crippen molar-refractivity contribution in [2.45, 2.75) is 52.1 Å². The van der Waals surface area contributed by atoms with Crippen LogP contribution in [-0.2, 0) is 9.53 Å². The number of nitrogens with one attached hydrogen (secondary N) is 2. The number of carbonyl (C=O) groups excluding carboxylic acids is 1. The average molecular weight is 242 g/mol. The summed E-state index contributed by atoms with van der Waals surface area (Å²) in [7, 11) is 0. The van der Waals surface area contributed by atoms with Crippen LogP contribution in [0.25, 0.3) is 0 Å². The van der Waals surface area contributed by atoms with Crippen molar-refractivity contribution >= 4 is 5.91 Å². The molecule has 1 heterocycles. The second-order valence-electron chi connectivity index (χ2n) is 5.58. The van der Waals surface area contributed by atoms with Gasteiger partial charge in [-0.2, -0.15) is 0 Å². The molecule has 2 unspecified atom stereocenters. The van der Waals surface area contributed by atoms with Gasteiger partial charge in [-0.1, -0.05) is 6.92 Å². The topological polar surface area (TPSA) is 50.4 Å². The minimum atomic E-state index is -0.113. The van der Waals surface area contributed by atoms with E-state index >= 15 is 0 Å². The molecule has 0 aliphatic carbocycles. The quantitative estimate of drug-likeness (QED) is 0.738. The maximum atomic E-state index is 11.7. The molecule has 0 radical (unpaired) electrons. The summed E-state index contributed by atoms with van der Waals surface area (Å²) in [5, 5.41) is 6.30. The summed E-state index contributed by atoms with van der Waals surface area (Å²) in [6, 6.07) is 0.341. The lowest BCUT2D eigenvalue weighted by molar-refractivity contribution is -0.122. The van der Waals surface area contributed by atoms with E-state index in [0.717, 1.165) is 26.1 Å². The Bertz CT molecular complexity index is 248. The minimum absolute atomic E-state index is 0.0719. The lowest BCUT2D eigenvalue weighted by Gasteiger charge is -2.25. The number of amides is 1. The van der Waals surface area contributed by atoms with Crippen molar-refractivity contribution in [1.29, 1.82) is 0 Å². The second-order valence-corrected chi connectivity index (χ2v) is 5.58. The highest BCUT2D eigenvalue weighted by atomic mass is 16.5. The Morgan fingerprint density at radius 3 is 2.76 bits per heavy atom. The molecule has 2 atom stereocenters. The summed E-state index contributed by atoms with van der Waals surface area (Å²) in [6.45, 7) is 10.3. The molecule has 0 saturated carbocycles. The van der Waals surface area contributed by atoms with Gasteiger partial charge in [0.25, 0.3) is 0 Å². The highest BCUT2D eigenvalue weighted by Gasteiger charge is 2.23. The Labute approximate surface area is 104 Å². The minimum Gasteiger partial charge on any atom is -0.381 e. The third-order valence-corrected chi connectivity index (χ3v) is 3.62. The van der Waals surface area contributed by atoms with Gasteiger partial charge in [-0.05, 0) is 39.5 Å². The average Bonchev–Trinajstić information content (AvgIpc) is 2.78. The molecule has 2 N–H and O–H groups in total. The van der Waals surface area contributed by atoms with Gasteiger partial charge in [0.05, 0.1) is 13.2 Å². The second kappa shape index (κ2) is 6.36. The molecule has 0 aromatic carbocycles. The lowest BCUT2D eigenvalue weighted by atomic mass is 10.0. The van der Waals surface area contributed by atoms with Gasteiger partial charge >= 0.3 is 0 Å². The Kier molecular flexibility index (Phi) is 5.40. The number of rotatable bonds is 6. The van der Waals surface area contributed by atoms with E-state index in [9.17, 15) is 4.79 Å². The fourth-order valence-electron chi connectivity index (χ4n) is 1.88. The van der Waals surface area contributed by atoms with Crippen LogP contribution in [0.3, 0.4) is 0 Å². The molecule has 1 fully saturated rings. The van der Waals surface area contributed by atoms with Gasteiger partial charge in [0.15, 0.2) is 0 Å². The van der Waals surface area contributed by atoms with Crippen LogP contribution in [-0.4, -0.2) is 37.2 Å². The zero-order valence-corrected chi connectivity index (χ0v) is 11.5. The van der Waals surface area contributed by atoms with E-state index in [1.54, 1.807) is 0 Å². The third-order valence-electron chi connectivity index (χ3n) is 3.62. The SMILES string of the molecule is CCC(C)(C)NC(=O)CNC(C)C1CCOC1. The first-order chi connectivity index (χ1) is 7.94. The maximum Gasteiger partial charge on any atom is 0.234 e. The molecule has 4 heteroatoms. The van der Waals surface area contributed by atoms with Gasteiger partial charge in [0.2, 0.25) is 5.91 Å². The Balaban J connectivity index is 2.23. The van der Waals surface area contributed by atoms with Gasteiger partial charge in [-0.15, -0.1) is 0 Å². The normalized spacial score (nSPS) is 22.5. The molecule has 1 aliphatic heterocycles. The Morgan fingerprint density at radius 2 is 2.24 bits per heavy atom. The van der Waals surface area contributed by atoms with Crippen LogP contribution in [0.2, 0.25) is 0 Å². The zero-order chi connectivity index (χ0) is 12.9. The molecule has 0 aromatic rings. The standard InChI is InChI=1S/C13H26N2O2/c1-5-13(3,4)15-12(16)8-14-10(2)11-6-7-17-9-11/h10-11,14H,5-9H2,1-4H3,(H,15,16). The summed E-state index contributed by atoms with van der Waals surface area (Å²) in [4.78, 5) is 11.7. The number of hydrogen-bond donors (Lipinski definition) is 2. The van der Waals surface area contributed by atoms with E-state index in [2.05, 4.69) is 24.5 Å². The van der Waals surface area contributed by atoms with Crippen LogP contribution in [0.4, 0.5) is 0 Å². The highest BCUT2D eigenvalue weighted by Crippen LogP contribution is 2.16. The van der Waals surface area contributed by atoms with Crippen molar-refractivity contribution in [3.05, 3.63) is 0 Å². The van der Waals surface area contributed by atoms with Gasteiger partial charge in [-0.3, -0.25) is 4.79 Å². The van der Waals surface area contributed by atoms with Gasteiger partial charge < -0.3 is 15.4 Å². The molecule has 4 nitrogen and oxygen atoms in total. The van der Waals surface area contributed by atoms with E-state index in [1.165, 1.54) is 0 Å². The van der Waals surface area contributed by atoms with Crippen LogP contribution in [0, 0.1) is 5.92 Å². The predicted molar refractivity (Wildman–Crippen MR) is 68.9 cm³/mol. The molecular formula is C13H26N2O2. The van der Waals surface area contributed by atoms with Crippen molar-refractivity contribution in [3.8, 4) is 0 Å². The van der Waals surface area contributed by atoms with E-state index in [4.69, 9.17) is 4.74 Å². The van der Waals surface area contributed by atoms with Crippen molar-refractivity contribution in [3.63, 3.8) is 0 Å². The van der Waals surface area contributed by atoms with Crippen molar-refractivity contribution < 1.29 is 9.53 Å². The van der Waals surface area contributed by atoms with E-state index < -0.39 is 0 Å². The molecule has 0 aromatic heterocycles. The molecule has 100 valence electrons. The molecular weight excluding hydrogens is 216 g/mol. The first kappa shape index (κ1) is 14.5. The fourth-order valence-corrected chi connectivity index (χ4v) is 1.88. The summed E-state index contributed by atoms with van der Waals surface area (Å²) in [5.41, 5.74) is -0.113. The summed E-state index contributed by atoms with van der Waals surface area (Å²) in [6.07, 6.45) is 2.03. The molecule has 1 saturated heterocycles. The molecule has 1 amide bonds. The monoisotopic (exact) mass is 242 g/mol. The lowest BCUT2D eigenvalue weighted by Crippen LogP contribution is -2.48.